The molecule has 0 aliphatic heterocycles. The Bertz CT molecular complexity index is 922. The predicted octanol–water partition coefficient (Wildman–Crippen LogP) is 5.00. The summed E-state index contributed by atoms with van der Waals surface area (Å²) in [4.78, 5) is 22.1. The fraction of sp³-hybridized carbons (Fsp3) is 0.158. The molecule has 0 unspecified atom stereocenters. The van der Waals surface area contributed by atoms with Gasteiger partial charge in [0.05, 0.1) is 17.9 Å². The topological polar surface area (TPSA) is 51.2 Å². The Morgan fingerprint density at radius 3 is 2.41 bits per heavy atom. The van der Waals surface area contributed by atoms with Crippen molar-refractivity contribution in [2.45, 2.75) is 19.7 Å². The summed E-state index contributed by atoms with van der Waals surface area (Å²) in [6.07, 6.45) is -4.39. The van der Waals surface area contributed by atoms with Crippen LogP contribution in [0.5, 0.6) is 0 Å². The van der Waals surface area contributed by atoms with Gasteiger partial charge in [-0.3, -0.25) is 9.63 Å². The van der Waals surface area contributed by atoms with Crippen molar-refractivity contribution < 1.29 is 22.8 Å². The number of nitrogens with zero attached hydrogens (tertiary/aromatic N) is 1. The predicted molar refractivity (Wildman–Crippen MR) is 96.0 cm³/mol. The molecule has 0 saturated carbocycles. The molecule has 8 heteroatoms. The zero-order valence-corrected chi connectivity index (χ0v) is 15.0. The lowest BCUT2D eigenvalue weighted by molar-refractivity contribution is -0.137. The zero-order chi connectivity index (χ0) is 19.4. The highest BCUT2D eigenvalue weighted by molar-refractivity contribution is 7.17. The van der Waals surface area contributed by atoms with Gasteiger partial charge in [0.1, 0.15) is 9.88 Å². The average Bonchev–Trinajstić information content (AvgIpc) is 3.04. The molecule has 3 rings (SSSR count). The highest BCUT2D eigenvalue weighted by atomic mass is 32.1. The van der Waals surface area contributed by atoms with Crippen LogP contribution in [-0.4, -0.2) is 10.9 Å². The number of thiazole rings is 1. The number of aromatic nitrogens is 1. The maximum absolute atomic E-state index is 12.7. The van der Waals surface area contributed by atoms with E-state index in [1.807, 2.05) is 30.3 Å². The number of carbonyl (C=O) groups excluding carboxylic acids is 1. The van der Waals surface area contributed by atoms with E-state index in [4.69, 9.17) is 4.84 Å². The third-order valence-electron chi connectivity index (χ3n) is 3.71. The molecule has 0 aliphatic rings. The number of benzene rings is 2. The van der Waals surface area contributed by atoms with Gasteiger partial charge in [0.2, 0.25) is 0 Å². The Morgan fingerprint density at radius 1 is 1.11 bits per heavy atom. The second-order valence-electron chi connectivity index (χ2n) is 5.71. The zero-order valence-electron chi connectivity index (χ0n) is 14.2. The quantitative estimate of drug-likeness (QED) is 0.622. The number of amides is 1. The minimum absolute atomic E-state index is 0.218. The Kier molecular flexibility index (Phi) is 5.57. The molecule has 0 saturated heterocycles. The monoisotopic (exact) mass is 392 g/mol. The fourth-order valence-electron chi connectivity index (χ4n) is 2.34. The first-order valence-electron chi connectivity index (χ1n) is 7.95. The van der Waals surface area contributed by atoms with Crippen molar-refractivity contribution >= 4 is 17.2 Å². The molecule has 27 heavy (non-hydrogen) atoms. The summed E-state index contributed by atoms with van der Waals surface area (Å²) in [5.74, 6) is -0.445. The van der Waals surface area contributed by atoms with Crippen LogP contribution in [0.1, 0.15) is 26.5 Å². The van der Waals surface area contributed by atoms with Gasteiger partial charge in [0.15, 0.2) is 0 Å². The van der Waals surface area contributed by atoms with E-state index in [0.29, 0.717) is 21.1 Å². The third kappa shape index (κ3) is 4.72. The molecule has 1 heterocycles. The van der Waals surface area contributed by atoms with E-state index in [9.17, 15) is 18.0 Å². The second kappa shape index (κ2) is 7.89. The standard InChI is InChI=1S/C19H15F3N2O2S/c1-12-16(17(25)24-26-11-13-5-3-2-4-6-13)27-18(23-12)14-7-9-15(10-8-14)19(20,21)22/h2-10H,11H2,1H3,(H,24,25). The Labute approximate surface area is 157 Å². The van der Waals surface area contributed by atoms with Gasteiger partial charge < -0.3 is 0 Å². The molecule has 3 aromatic rings. The summed E-state index contributed by atoms with van der Waals surface area (Å²) in [7, 11) is 0. The minimum atomic E-state index is -4.39. The molecule has 1 amide bonds. The first kappa shape index (κ1) is 19.1. The Morgan fingerprint density at radius 2 is 1.78 bits per heavy atom. The summed E-state index contributed by atoms with van der Waals surface area (Å²) in [6, 6.07) is 14.0. The SMILES string of the molecule is Cc1nc(-c2ccc(C(F)(F)F)cc2)sc1C(=O)NOCc1ccccc1. The van der Waals surface area contributed by atoms with Crippen molar-refractivity contribution in [3.05, 3.63) is 76.3 Å². The molecule has 0 spiro atoms. The number of hydrogen-bond donors (Lipinski definition) is 1. The van der Waals surface area contributed by atoms with E-state index >= 15 is 0 Å². The number of halogens is 3. The number of hydrogen-bond acceptors (Lipinski definition) is 4. The third-order valence-corrected chi connectivity index (χ3v) is 4.91. The number of rotatable bonds is 5. The second-order valence-corrected chi connectivity index (χ2v) is 6.71. The van der Waals surface area contributed by atoms with Crippen molar-refractivity contribution in [1.29, 1.82) is 0 Å². The van der Waals surface area contributed by atoms with E-state index in [-0.39, 0.29) is 6.61 Å². The van der Waals surface area contributed by atoms with Gasteiger partial charge in [-0.15, -0.1) is 11.3 Å². The number of aryl methyl sites for hydroxylation is 1. The van der Waals surface area contributed by atoms with Crippen LogP contribution in [-0.2, 0) is 17.6 Å². The van der Waals surface area contributed by atoms with Crippen LogP contribution in [0.2, 0.25) is 0 Å². The van der Waals surface area contributed by atoms with Gasteiger partial charge in [-0.25, -0.2) is 10.5 Å². The van der Waals surface area contributed by atoms with E-state index in [1.54, 1.807) is 6.92 Å². The molecule has 1 aromatic heterocycles. The van der Waals surface area contributed by atoms with Crippen LogP contribution in [0.15, 0.2) is 54.6 Å². The molecular weight excluding hydrogens is 377 g/mol. The minimum Gasteiger partial charge on any atom is -0.269 e. The summed E-state index contributed by atoms with van der Waals surface area (Å²) in [5, 5.41) is 0.467. The molecule has 0 fully saturated rings. The van der Waals surface area contributed by atoms with Crippen molar-refractivity contribution in [3.63, 3.8) is 0 Å². The van der Waals surface area contributed by atoms with Gasteiger partial charge in [-0.1, -0.05) is 42.5 Å². The molecule has 4 nitrogen and oxygen atoms in total. The highest BCUT2D eigenvalue weighted by Crippen LogP contribution is 2.32. The number of hydroxylamine groups is 1. The lowest BCUT2D eigenvalue weighted by atomic mass is 10.1. The number of carbonyl (C=O) groups is 1. The van der Waals surface area contributed by atoms with Crippen molar-refractivity contribution in [2.24, 2.45) is 0 Å². The molecule has 0 aliphatic carbocycles. The summed E-state index contributed by atoms with van der Waals surface area (Å²) < 4.78 is 38.0. The number of alkyl halides is 3. The Balaban J connectivity index is 1.67. The van der Waals surface area contributed by atoms with Crippen LogP contribution in [0, 0.1) is 6.92 Å². The van der Waals surface area contributed by atoms with Crippen LogP contribution < -0.4 is 5.48 Å². The molecule has 0 radical (unpaired) electrons. The maximum atomic E-state index is 12.7. The smallest absolute Gasteiger partial charge is 0.269 e. The molecule has 140 valence electrons. The van der Waals surface area contributed by atoms with Crippen LogP contribution in [0.3, 0.4) is 0 Å². The molecule has 0 atom stereocenters. The van der Waals surface area contributed by atoms with E-state index < -0.39 is 17.6 Å². The van der Waals surface area contributed by atoms with Gasteiger partial charge in [-0.2, -0.15) is 13.2 Å². The first-order chi connectivity index (χ1) is 12.8. The number of nitrogens with one attached hydrogen (secondary N) is 1. The Hall–Kier alpha value is -2.71. The van der Waals surface area contributed by atoms with Gasteiger partial charge in [0.25, 0.3) is 5.91 Å². The molecule has 2 aromatic carbocycles. The van der Waals surface area contributed by atoms with E-state index in [0.717, 1.165) is 29.0 Å². The van der Waals surface area contributed by atoms with Crippen LogP contribution in [0.4, 0.5) is 13.2 Å². The summed E-state index contributed by atoms with van der Waals surface area (Å²) in [5.41, 5.74) is 3.54. The lowest BCUT2D eigenvalue weighted by Crippen LogP contribution is -2.23. The van der Waals surface area contributed by atoms with Crippen molar-refractivity contribution in [2.75, 3.05) is 0 Å². The van der Waals surface area contributed by atoms with E-state index in [2.05, 4.69) is 10.5 Å². The molecule has 1 N–H and O–H groups in total. The van der Waals surface area contributed by atoms with Crippen molar-refractivity contribution in [1.82, 2.24) is 10.5 Å². The van der Waals surface area contributed by atoms with Crippen molar-refractivity contribution in [3.8, 4) is 10.6 Å². The summed E-state index contributed by atoms with van der Waals surface area (Å²) >= 11 is 1.10. The fourth-order valence-corrected chi connectivity index (χ4v) is 3.30. The largest absolute Gasteiger partial charge is 0.416 e. The first-order valence-corrected chi connectivity index (χ1v) is 8.77. The average molecular weight is 392 g/mol. The van der Waals surface area contributed by atoms with E-state index in [1.165, 1.54) is 12.1 Å². The molecule has 0 bridgehead atoms. The lowest BCUT2D eigenvalue weighted by Gasteiger charge is -2.06. The summed E-state index contributed by atoms with van der Waals surface area (Å²) in [6.45, 7) is 1.88. The van der Waals surface area contributed by atoms with Gasteiger partial charge in [0, 0.05) is 5.56 Å². The van der Waals surface area contributed by atoms with Crippen LogP contribution in [0.25, 0.3) is 10.6 Å². The highest BCUT2D eigenvalue weighted by Gasteiger charge is 2.30. The van der Waals surface area contributed by atoms with Crippen LogP contribution >= 0.6 is 11.3 Å². The molecular formula is C19H15F3N2O2S. The van der Waals surface area contributed by atoms with Gasteiger partial charge >= 0.3 is 6.18 Å². The maximum Gasteiger partial charge on any atom is 0.416 e. The normalized spacial score (nSPS) is 11.4. The van der Waals surface area contributed by atoms with Gasteiger partial charge in [-0.05, 0) is 24.6 Å².